The third-order valence-corrected chi connectivity index (χ3v) is 11.8. The number of alkyl halides is 2. The molecule has 212 valence electrons. The number of rotatable bonds is 15. The quantitative estimate of drug-likeness (QED) is 0.0391. The first kappa shape index (κ1) is 32.3. The molecule has 0 aliphatic heterocycles. The molecule has 2 aromatic rings. The Morgan fingerprint density at radius 2 is 1.73 bits per heavy atom. The van der Waals surface area contributed by atoms with E-state index in [1.165, 1.54) is 12.1 Å². The molecule has 15 heteroatoms. The van der Waals surface area contributed by atoms with E-state index in [4.69, 9.17) is 14.8 Å². The summed E-state index contributed by atoms with van der Waals surface area (Å²) in [5.74, 6) is -0.455. The molecular formula is C22H32INO10S3-2. The van der Waals surface area contributed by atoms with E-state index < -0.39 is 72.9 Å². The van der Waals surface area contributed by atoms with Gasteiger partial charge in [-0.15, -0.1) is 0 Å². The van der Waals surface area contributed by atoms with Crippen LogP contribution in [0.25, 0.3) is 10.8 Å². The first-order valence-electron chi connectivity index (χ1n) is 11.3. The van der Waals surface area contributed by atoms with Gasteiger partial charge in [0.1, 0.15) is 0 Å². The number of nitrogens with one attached hydrogen (secondary N) is 1. The number of hydrogen-bond acceptors (Lipinski definition) is 9. The maximum absolute atomic E-state index is 12.0. The van der Waals surface area contributed by atoms with Gasteiger partial charge in [0, 0.05) is 0 Å². The number of aliphatic hydroxyl groups is 2. The number of anilines is 1. The van der Waals surface area contributed by atoms with Crippen molar-refractivity contribution in [3.8, 4) is 0 Å². The van der Waals surface area contributed by atoms with Crippen LogP contribution >= 0.6 is 0 Å². The molecule has 11 nitrogen and oxygen atoms in total. The zero-order valence-electron chi connectivity index (χ0n) is 20.4. The first-order chi connectivity index (χ1) is 17.1. The van der Waals surface area contributed by atoms with E-state index in [2.05, 4.69) is 5.32 Å². The molecule has 2 unspecified atom stereocenters. The van der Waals surface area contributed by atoms with Gasteiger partial charge in [-0.2, -0.15) is 0 Å². The Morgan fingerprint density at radius 3 is 2.27 bits per heavy atom. The topological polar surface area (TPSA) is 201 Å². The van der Waals surface area contributed by atoms with Crippen LogP contribution in [-0.2, 0) is 34.7 Å². The number of benzene rings is 2. The van der Waals surface area contributed by atoms with Crippen molar-refractivity contribution < 1.29 is 66.1 Å². The fourth-order valence-electron chi connectivity index (χ4n) is 4.12. The number of aliphatic hydroxyl groups excluding tert-OH is 1. The molecule has 0 spiro atoms. The second-order valence-corrected chi connectivity index (χ2v) is 16.1. The zero-order valence-corrected chi connectivity index (χ0v) is 25.0. The van der Waals surface area contributed by atoms with Crippen molar-refractivity contribution in [1.82, 2.24) is 0 Å². The average molecular weight is 694 g/mol. The van der Waals surface area contributed by atoms with Crippen molar-refractivity contribution in [2.24, 2.45) is 0 Å². The predicted molar refractivity (Wildman–Crippen MR) is 135 cm³/mol. The molecule has 5 N–H and O–H groups in total. The summed E-state index contributed by atoms with van der Waals surface area (Å²) < 4.78 is 88.4. The van der Waals surface area contributed by atoms with Crippen molar-refractivity contribution in [3.05, 3.63) is 29.8 Å². The molecule has 0 fully saturated rings. The summed E-state index contributed by atoms with van der Waals surface area (Å²) in [6, 6.07) is 5.34. The van der Waals surface area contributed by atoms with Gasteiger partial charge in [-0.05, 0) is 0 Å². The Labute approximate surface area is 230 Å². The molecule has 2 atom stereocenters. The Kier molecular flexibility index (Phi) is 11.7. The fourth-order valence-corrected chi connectivity index (χ4v) is 7.86. The fraction of sp³-hybridized carbons (Fsp3) is 0.545. The molecule has 2 aromatic carbocycles. The maximum atomic E-state index is 12.0. The Balaban J connectivity index is 2.67. The van der Waals surface area contributed by atoms with Crippen LogP contribution < -0.4 is 26.5 Å². The second kappa shape index (κ2) is 13.4. The number of unbranched alkanes of at least 4 members (excludes halogenated alkanes) is 2. The van der Waals surface area contributed by atoms with Gasteiger partial charge >= 0.3 is 231 Å². The summed E-state index contributed by atoms with van der Waals surface area (Å²) in [5, 5.41) is 21.9. The average Bonchev–Trinajstić information content (AvgIpc) is 2.78. The minimum atomic E-state index is -4.73. The molecule has 0 aliphatic carbocycles. The van der Waals surface area contributed by atoms with Crippen LogP contribution in [0.2, 0.25) is 0 Å². The summed E-state index contributed by atoms with van der Waals surface area (Å²) in [6.07, 6.45) is 1.62. The van der Waals surface area contributed by atoms with E-state index in [0.717, 1.165) is 6.07 Å². The molecule has 0 aromatic heterocycles. The van der Waals surface area contributed by atoms with Crippen LogP contribution in [0.1, 0.15) is 51.0 Å². The summed E-state index contributed by atoms with van der Waals surface area (Å²) in [4.78, 5) is 1.20. The molecule has 37 heavy (non-hydrogen) atoms. The molecule has 2 rings (SSSR count). The molecule has 0 radical (unpaired) electrons. The molecule has 0 amide bonds. The standard InChI is InChI=1S/C22H33INO10S3/c1-22(23-2,10-5-3-4-7-20(25)26)21-17-13-15(37(32,33)34)14-19(35(27)28)16(17)8-9-18(21)24-11-6-12-36(29,30)31/h8-9,13-14,20,24-26H,3-7,10-12H2,1-2H3,(H,27,28)(H,29,30,31)(H,32,33,34)/q-1/p-1. The van der Waals surface area contributed by atoms with Gasteiger partial charge in [-0.1, -0.05) is 0 Å². The summed E-state index contributed by atoms with van der Waals surface area (Å²) >= 11 is -3.39. The van der Waals surface area contributed by atoms with E-state index in [1.54, 1.807) is 6.07 Å². The van der Waals surface area contributed by atoms with E-state index >= 15 is 0 Å². The van der Waals surface area contributed by atoms with Crippen LogP contribution in [0.15, 0.2) is 34.1 Å². The minimum absolute atomic E-state index is 0.0958. The molecular weight excluding hydrogens is 661 g/mol. The van der Waals surface area contributed by atoms with Crippen molar-refractivity contribution in [3.63, 3.8) is 0 Å². The Morgan fingerprint density at radius 1 is 1.05 bits per heavy atom. The summed E-state index contributed by atoms with van der Waals surface area (Å²) in [7, 11) is -8.88. The third kappa shape index (κ3) is 9.35. The predicted octanol–water partition coefficient (Wildman–Crippen LogP) is -0.790. The van der Waals surface area contributed by atoms with Gasteiger partial charge < -0.3 is 0 Å². The van der Waals surface area contributed by atoms with Crippen LogP contribution in [0.3, 0.4) is 0 Å². The van der Waals surface area contributed by atoms with Gasteiger partial charge in [0.05, 0.1) is 0 Å². The monoisotopic (exact) mass is 693 g/mol. The van der Waals surface area contributed by atoms with E-state index in [1.807, 2.05) is 11.9 Å². The Bertz CT molecular complexity index is 1330. The number of halogens is 1. The SMILES string of the molecule is C[I-]C(C)(CCCCCC(O)O)c1c(NCCCS(=O)(=O)O)ccc2c(S(=O)[O-])cc(S(=O)(=O)O)cc12. The molecule has 0 aliphatic rings. The van der Waals surface area contributed by atoms with Crippen LogP contribution in [0, 0.1) is 0 Å². The second-order valence-electron chi connectivity index (χ2n) is 8.75. The van der Waals surface area contributed by atoms with E-state index in [0.29, 0.717) is 42.3 Å². The van der Waals surface area contributed by atoms with E-state index in [-0.39, 0.29) is 29.7 Å². The Hall–Kier alpha value is -0.920. The molecule has 0 saturated heterocycles. The van der Waals surface area contributed by atoms with Gasteiger partial charge in [0.15, 0.2) is 0 Å². The van der Waals surface area contributed by atoms with Crippen molar-refractivity contribution in [2.75, 3.05) is 22.5 Å². The first-order valence-corrected chi connectivity index (χ1v) is 18.7. The van der Waals surface area contributed by atoms with Crippen molar-refractivity contribution >= 4 is 47.8 Å². The van der Waals surface area contributed by atoms with Crippen LogP contribution in [-0.4, -0.2) is 68.4 Å². The van der Waals surface area contributed by atoms with Gasteiger partial charge in [0.2, 0.25) is 0 Å². The van der Waals surface area contributed by atoms with Crippen molar-refractivity contribution in [1.29, 1.82) is 0 Å². The third-order valence-electron chi connectivity index (χ3n) is 5.99. The van der Waals surface area contributed by atoms with Crippen LogP contribution in [0.5, 0.6) is 0 Å². The van der Waals surface area contributed by atoms with Gasteiger partial charge in [-0.3, -0.25) is 0 Å². The number of hydrogen-bond donors (Lipinski definition) is 5. The molecule has 0 saturated carbocycles. The normalized spacial score (nSPS) is 15.2. The van der Waals surface area contributed by atoms with Gasteiger partial charge in [-0.25, -0.2) is 0 Å². The van der Waals surface area contributed by atoms with Crippen molar-refractivity contribution in [2.45, 2.75) is 65.0 Å². The zero-order chi connectivity index (χ0) is 28.0. The van der Waals surface area contributed by atoms with Crippen LogP contribution in [0.4, 0.5) is 5.69 Å². The molecule has 0 bridgehead atoms. The van der Waals surface area contributed by atoms with E-state index in [9.17, 15) is 30.1 Å². The molecule has 0 heterocycles. The summed E-state index contributed by atoms with van der Waals surface area (Å²) in [6.45, 7) is 2.16. The van der Waals surface area contributed by atoms with Gasteiger partial charge in [0.25, 0.3) is 0 Å². The summed E-state index contributed by atoms with van der Waals surface area (Å²) in [5.41, 5.74) is 1.22. The number of fused-ring (bicyclic) bond motifs is 1.